The molecule has 1 saturated heterocycles. The number of para-hydroxylation sites is 1. The van der Waals surface area contributed by atoms with Crippen LogP contribution < -0.4 is 5.32 Å². The third kappa shape index (κ3) is 5.38. The third-order valence-corrected chi connectivity index (χ3v) is 7.17. The summed E-state index contributed by atoms with van der Waals surface area (Å²) in [5.74, 6) is -1.21. The summed E-state index contributed by atoms with van der Waals surface area (Å²) in [4.78, 5) is 24.5. The lowest BCUT2D eigenvalue weighted by Gasteiger charge is -2.30. The number of hydrogen-bond donors (Lipinski definition) is 1. The van der Waals surface area contributed by atoms with Crippen LogP contribution in [0.1, 0.15) is 28.8 Å². The van der Waals surface area contributed by atoms with Crippen LogP contribution in [0.25, 0.3) is 0 Å². The van der Waals surface area contributed by atoms with Gasteiger partial charge in [-0.1, -0.05) is 35.9 Å². The first kappa shape index (κ1) is 22.3. The minimum Gasteiger partial charge on any atom is -0.465 e. The van der Waals surface area contributed by atoms with Gasteiger partial charge in [0.2, 0.25) is 15.9 Å². The number of piperidine rings is 1. The van der Waals surface area contributed by atoms with Crippen molar-refractivity contribution in [2.75, 3.05) is 25.5 Å². The van der Waals surface area contributed by atoms with Gasteiger partial charge >= 0.3 is 5.97 Å². The van der Waals surface area contributed by atoms with E-state index in [2.05, 4.69) is 5.32 Å². The summed E-state index contributed by atoms with van der Waals surface area (Å²) in [6.45, 7) is 0.541. The van der Waals surface area contributed by atoms with Gasteiger partial charge in [0.05, 0.1) is 24.1 Å². The molecule has 0 aliphatic carbocycles. The summed E-state index contributed by atoms with van der Waals surface area (Å²) in [5.41, 5.74) is 1.32. The number of methoxy groups -OCH3 is 1. The lowest BCUT2D eigenvalue weighted by atomic mass is 9.97. The number of carbonyl (C=O) groups is 2. The molecule has 9 heteroatoms. The number of benzene rings is 2. The van der Waals surface area contributed by atoms with Gasteiger partial charge in [0, 0.05) is 24.0 Å². The zero-order valence-corrected chi connectivity index (χ0v) is 18.1. The number of nitrogens with zero attached hydrogens (tertiary/aromatic N) is 1. The highest BCUT2D eigenvalue weighted by Gasteiger charge is 2.31. The predicted octanol–water partition coefficient (Wildman–Crippen LogP) is 3.31. The average Bonchev–Trinajstić information content (AvgIpc) is 2.75. The molecule has 3 rings (SSSR count). The van der Waals surface area contributed by atoms with Gasteiger partial charge in [-0.2, -0.15) is 0 Å². The zero-order chi connectivity index (χ0) is 21.7. The number of esters is 1. The van der Waals surface area contributed by atoms with Gasteiger partial charge in [0.1, 0.15) is 0 Å². The van der Waals surface area contributed by atoms with Gasteiger partial charge in [-0.15, -0.1) is 0 Å². The Labute approximate surface area is 181 Å². The largest absolute Gasteiger partial charge is 0.465 e. The molecular formula is C21H23ClN2O5S. The molecule has 0 aromatic heterocycles. The minimum absolute atomic E-state index is 0.104. The Bertz CT molecular complexity index is 1020. The lowest BCUT2D eigenvalue weighted by Crippen LogP contribution is -2.42. The minimum atomic E-state index is -3.48. The smallest absolute Gasteiger partial charge is 0.339 e. The van der Waals surface area contributed by atoms with E-state index in [1.54, 1.807) is 48.5 Å². The van der Waals surface area contributed by atoms with Crippen molar-refractivity contribution in [3.8, 4) is 0 Å². The van der Waals surface area contributed by atoms with Crippen LogP contribution in [0.2, 0.25) is 5.02 Å². The Balaban J connectivity index is 1.59. The zero-order valence-electron chi connectivity index (χ0n) is 16.5. The molecule has 2 aromatic carbocycles. The second kappa shape index (κ2) is 9.59. The monoisotopic (exact) mass is 450 g/mol. The summed E-state index contributed by atoms with van der Waals surface area (Å²) in [6.07, 6.45) is 0.818. The van der Waals surface area contributed by atoms with Crippen LogP contribution in [0.3, 0.4) is 0 Å². The quantitative estimate of drug-likeness (QED) is 0.681. The fourth-order valence-electron chi connectivity index (χ4n) is 3.39. The third-order valence-electron chi connectivity index (χ3n) is 5.07. The SMILES string of the molecule is COC(=O)c1ccccc1NC(=O)C1CCN(S(=O)(=O)Cc2ccc(Cl)cc2)CC1. The Kier molecular flexibility index (Phi) is 7.12. The normalized spacial score (nSPS) is 15.5. The van der Waals surface area contributed by atoms with Crippen molar-refractivity contribution in [1.29, 1.82) is 0 Å². The van der Waals surface area contributed by atoms with Crippen LogP contribution in [0.4, 0.5) is 5.69 Å². The summed E-state index contributed by atoms with van der Waals surface area (Å²) in [5, 5.41) is 3.33. The molecule has 0 atom stereocenters. The van der Waals surface area contributed by atoms with Crippen molar-refractivity contribution in [1.82, 2.24) is 4.31 Å². The van der Waals surface area contributed by atoms with Gasteiger partial charge in [-0.05, 0) is 42.7 Å². The Morgan fingerprint density at radius 2 is 1.73 bits per heavy atom. The molecular weight excluding hydrogens is 428 g/mol. The highest BCUT2D eigenvalue weighted by Crippen LogP contribution is 2.24. The van der Waals surface area contributed by atoms with Crippen LogP contribution >= 0.6 is 11.6 Å². The highest BCUT2D eigenvalue weighted by molar-refractivity contribution is 7.88. The van der Waals surface area contributed by atoms with Crippen LogP contribution in [-0.4, -0.2) is 44.8 Å². The number of sulfonamides is 1. The molecule has 0 saturated carbocycles. The molecule has 1 heterocycles. The first-order chi connectivity index (χ1) is 14.3. The molecule has 1 aliphatic rings. The molecule has 0 bridgehead atoms. The molecule has 1 N–H and O–H groups in total. The Morgan fingerprint density at radius 3 is 2.37 bits per heavy atom. The van der Waals surface area contributed by atoms with E-state index >= 15 is 0 Å². The van der Waals surface area contributed by atoms with Crippen molar-refractivity contribution < 1.29 is 22.7 Å². The fourth-order valence-corrected chi connectivity index (χ4v) is 5.08. The van der Waals surface area contributed by atoms with Crippen molar-refractivity contribution in [2.24, 2.45) is 5.92 Å². The molecule has 2 aromatic rings. The molecule has 1 fully saturated rings. The number of halogens is 1. The Hall–Kier alpha value is -2.42. The van der Waals surface area contributed by atoms with E-state index in [1.165, 1.54) is 11.4 Å². The van der Waals surface area contributed by atoms with Gasteiger partial charge in [-0.3, -0.25) is 4.79 Å². The van der Waals surface area contributed by atoms with Gasteiger partial charge in [0.15, 0.2) is 0 Å². The standard InChI is InChI=1S/C21H23ClN2O5S/c1-29-21(26)18-4-2-3-5-19(18)23-20(25)16-10-12-24(13-11-16)30(27,28)14-15-6-8-17(22)9-7-15/h2-9,16H,10-14H2,1H3,(H,23,25). The number of carbonyl (C=O) groups excluding carboxylic acids is 2. The number of ether oxygens (including phenoxy) is 1. The highest BCUT2D eigenvalue weighted by atomic mass is 35.5. The number of hydrogen-bond acceptors (Lipinski definition) is 5. The molecule has 30 heavy (non-hydrogen) atoms. The van der Waals surface area contributed by atoms with E-state index in [1.807, 2.05) is 0 Å². The fraction of sp³-hybridized carbons (Fsp3) is 0.333. The van der Waals surface area contributed by atoms with Gasteiger partial charge < -0.3 is 10.1 Å². The van der Waals surface area contributed by atoms with E-state index in [0.29, 0.717) is 29.1 Å². The molecule has 1 aliphatic heterocycles. The first-order valence-corrected chi connectivity index (χ1v) is 11.5. The molecule has 1 amide bonds. The van der Waals surface area contributed by atoms with E-state index in [0.717, 1.165) is 0 Å². The topological polar surface area (TPSA) is 92.8 Å². The van der Waals surface area contributed by atoms with Crippen molar-refractivity contribution in [2.45, 2.75) is 18.6 Å². The van der Waals surface area contributed by atoms with E-state index in [-0.39, 0.29) is 36.2 Å². The van der Waals surface area contributed by atoms with E-state index in [4.69, 9.17) is 16.3 Å². The van der Waals surface area contributed by atoms with Gasteiger partial charge in [0.25, 0.3) is 0 Å². The Morgan fingerprint density at radius 1 is 1.10 bits per heavy atom. The molecule has 0 spiro atoms. The summed E-state index contributed by atoms with van der Waals surface area (Å²) >= 11 is 5.85. The maximum absolute atomic E-state index is 12.7. The van der Waals surface area contributed by atoms with Crippen LogP contribution in [0.5, 0.6) is 0 Å². The summed E-state index contributed by atoms with van der Waals surface area (Å²) < 4.78 is 31.6. The molecule has 7 nitrogen and oxygen atoms in total. The van der Waals surface area contributed by atoms with Crippen molar-refractivity contribution >= 4 is 39.2 Å². The number of anilines is 1. The maximum Gasteiger partial charge on any atom is 0.339 e. The van der Waals surface area contributed by atoms with Crippen LogP contribution in [0.15, 0.2) is 48.5 Å². The van der Waals surface area contributed by atoms with Crippen molar-refractivity contribution in [3.63, 3.8) is 0 Å². The van der Waals surface area contributed by atoms with E-state index in [9.17, 15) is 18.0 Å². The first-order valence-electron chi connectivity index (χ1n) is 9.50. The predicted molar refractivity (Wildman–Crippen MR) is 115 cm³/mol. The second-order valence-electron chi connectivity index (χ2n) is 7.08. The lowest BCUT2D eigenvalue weighted by molar-refractivity contribution is -0.120. The van der Waals surface area contributed by atoms with Crippen molar-refractivity contribution in [3.05, 3.63) is 64.7 Å². The number of nitrogens with one attached hydrogen (secondary N) is 1. The maximum atomic E-state index is 12.7. The summed E-state index contributed by atoms with van der Waals surface area (Å²) in [7, 11) is -2.20. The van der Waals surface area contributed by atoms with Gasteiger partial charge in [-0.25, -0.2) is 17.5 Å². The summed E-state index contributed by atoms with van der Waals surface area (Å²) in [6, 6.07) is 13.3. The van der Waals surface area contributed by atoms with Crippen LogP contribution in [-0.2, 0) is 25.3 Å². The van der Waals surface area contributed by atoms with Crippen LogP contribution in [0, 0.1) is 5.92 Å². The molecule has 0 radical (unpaired) electrons. The molecule has 0 unspecified atom stereocenters. The average molecular weight is 451 g/mol. The number of rotatable bonds is 6. The van der Waals surface area contributed by atoms with E-state index < -0.39 is 16.0 Å². The number of amides is 1. The second-order valence-corrected chi connectivity index (χ2v) is 9.49. The molecule has 160 valence electrons.